The molecule has 5 heteroatoms. The van der Waals surface area contributed by atoms with Crippen molar-refractivity contribution in [3.05, 3.63) is 23.8 Å². The number of anilines is 1. The Balaban J connectivity index is 2.06. The van der Waals surface area contributed by atoms with Crippen molar-refractivity contribution in [2.45, 2.75) is 6.42 Å². The molecule has 18 heavy (non-hydrogen) atoms. The number of carboxylic acid groups (broad SMARTS) is 1. The summed E-state index contributed by atoms with van der Waals surface area (Å²) in [4.78, 5) is 13.3. The standard InChI is InChI=1S/C13H18N2O3/c1-15-6-5-9(7-15)8-18-12-10(13(16)17)3-2-4-11(12)14/h2-4,9H,5-8,14H2,1H3,(H,16,17). The third-order valence-electron chi connectivity index (χ3n) is 3.23. The van der Waals surface area contributed by atoms with Gasteiger partial charge in [-0.05, 0) is 32.1 Å². The summed E-state index contributed by atoms with van der Waals surface area (Å²) in [5.74, 6) is -0.281. The second-order valence-electron chi connectivity index (χ2n) is 4.76. The van der Waals surface area contributed by atoms with Crippen molar-refractivity contribution in [2.75, 3.05) is 32.5 Å². The van der Waals surface area contributed by atoms with Gasteiger partial charge in [-0.1, -0.05) is 6.07 Å². The number of hydrogen-bond donors (Lipinski definition) is 2. The summed E-state index contributed by atoms with van der Waals surface area (Å²) in [7, 11) is 2.07. The Kier molecular flexibility index (Phi) is 3.72. The minimum Gasteiger partial charge on any atom is -0.490 e. The zero-order valence-corrected chi connectivity index (χ0v) is 10.4. The van der Waals surface area contributed by atoms with E-state index in [9.17, 15) is 4.79 Å². The third kappa shape index (κ3) is 2.73. The summed E-state index contributed by atoms with van der Waals surface area (Å²) < 4.78 is 5.63. The first-order valence-electron chi connectivity index (χ1n) is 6.01. The van der Waals surface area contributed by atoms with E-state index in [0.717, 1.165) is 19.5 Å². The fourth-order valence-corrected chi connectivity index (χ4v) is 2.25. The fraction of sp³-hybridized carbons (Fsp3) is 0.462. The van der Waals surface area contributed by atoms with Crippen LogP contribution in [0.5, 0.6) is 5.75 Å². The highest BCUT2D eigenvalue weighted by Crippen LogP contribution is 2.27. The molecule has 0 bridgehead atoms. The molecule has 0 aromatic heterocycles. The first-order valence-corrected chi connectivity index (χ1v) is 6.01. The van der Waals surface area contributed by atoms with E-state index in [-0.39, 0.29) is 5.56 Å². The van der Waals surface area contributed by atoms with Gasteiger partial charge in [-0.25, -0.2) is 4.79 Å². The molecule has 1 aliphatic heterocycles. The van der Waals surface area contributed by atoms with Crippen LogP contribution in [0.1, 0.15) is 16.8 Å². The van der Waals surface area contributed by atoms with Gasteiger partial charge < -0.3 is 20.5 Å². The van der Waals surface area contributed by atoms with Crippen LogP contribution >= 0.6 is 0 Å². The lowest BCUT2D eigenvalue weighted by Gasteiger charge is -2.15. The number of benzene rings is 1. The largest absolute Gasteiger partial charge is 0.490 e. The lowest BCUT2D eigenvalue weighted by molar-refractivity contribution is 0.0691. The minimum atomic E-state index is -1.01. The predicted octanol–water partition coefficient (Wildman–Crippen LogP) is 1.30. The summed E-state index contributed by atoms with van der Waals surface area (Å²) in [6.45, 7) is 2.55. The maximum Gasteiger partial charge on any atom is 0.339 e. The van der Waals surface area contributed by atoms with Gasteiger partial charge in [-0.15, -0.1) is 0 Å². The number of rotatable bonds is 4. The molecule has 0 aliphatic carbocycles. The molecule has 0 amide bonds. The Morgan fingerprint density at radius 1 is 1.61 bits per heavy atom. The van der Waals surface area contributed by atoms with Gasteiger partial charge in [0.15, 0.2) is 5.75 Å². The van der Waals surface area contributed by atoms with Gasteiger partial charge in [0, 0.05) is 12.5 Å². The maximum absolute atomic E-state index is 11.1. The van der Waals surface area contributed by atoms with Crippen LogP contribution in [0.25, 0.3) is 0 Å². The molecule has 1 atom stereocenters. The predicted molar refractivity (Wildman–Crippen MR) is 68.9 cm³/mol. The Bertz CT molecular complexity index is 448. The summed E-state index contributed by atoms with van der Waals surface area (Å²) in [5, 5.41) is 9.08. The molecular weight excluding hydrogens is 232 g/mol. The van der Waals surface area contributed by atoms with Crippen LogP contribution in [-0.2, 0) is 0 Å². The molecule has 0 radical (unpaired) electrons. The van der Waals surface area contributed by atoms with Gasteiger partial charge in [-0.3, -0.25) is 0 Å². The molecule has 1 fully saturated rings. The van der Waals surface area contributed by atoms with E-state index in [1.165, 1.54) is 6.07 Å². The van der Waals surface area contributed by atoms with Crippen LogP contribution < -0.4 is 10.5 Å². The van der Waals surface area contributed by atoms with Gasteiger partial charge in [-0.2, -0.15) is 0 Å². The van der Waals surface area contributed by atoms with Crippen molar-refractivity contribution in [1.82, 2.24) is 4.90 Å². The quantitative estimate of drug-likeness (QED) is 0.788. The van der Waals surface area contributed by atoms with E-state index in [2.05, 4.69) is 11.9 Å². The summed E-state index contributed by atoms with van der Waals surface area (Å²) in [5.41, 5.74) is 6.27. The third-order valence-corrected chi connectivity index (χ3v) is 3.23. The highest BCUT2D eigenvalue weighted by atomic mass is 16.5. The lowest BCUT2D eigenvalue weighted by Crippen LogP contribution is -2.19. The molecule has 3 N–H and O–H groups in total. The fourth-order valence-electron chi connectivity index (χ4n) is 2.25. The highest BCUT2D eigenvalue weighted by Gasteiger charge is 2.21. The first-order chi connectivity index (χ1) is 8.58. The van der Waals surface area contributed by atoms with Crippen LogP contribution in [0.2, 0.25) is 0 Å². The highest BCUT2D eigenvalue weighted by molar-refractivity contribution is 5.93. The zero-order valence-electron chi connectivity index (χ0n) is 10.4. The van der Waals surface area contributed by atoms with E-state index in [4.69, 9.17) is 15.6 Å². The van der Waals surface area contributed by atoms with Crippen LogP contribution in [0, 0.1) is 5.92 Å². The number of nitrogen functional groups attached to an aromatic ring is 1. The molecule has 98 valence electrons. The average molecular weight is 250 g/mol. The van der Waals surface area contributed by atoms with Crippen molar-refractivity contribution < 1.29 is 14.6 Å². The number of ether oxygens (including phenoxy) is 1. The molecular formula is C13H18N2O3. The van der Waals surface area contributed by atoms with Crippen molar-refractivity contribution in [3.8, 4) is 5.75 Å². The number of carboxylic acids is 1. The summed E-state index contributed by atoms with van der Waals surface area (Å²) >= 11 is 0. The second-order valence-corrected chi connectivity index (χ2v) is 4.76. The van der Waals surface area contributed by atoms with Crippen molar-refractivity contribution >= 4 is 11.7 Å². The van der Waals surface area contributed by atoms with Gasteiger partial charge in [0.25, 0.3) is 0 Å². The number of likely N-dealkylation sites (tertiary alicyclic amines) is 1. The first kappa shape index (κ1) is 12.7. The van der Waals surface area contributed by atoms with E-state index >= 15 is 0 Å². The molecule has 0 spiro atoms. The van der Waals surface area contributed by atoms with Crippen LogP contribution in [0.4, 0.5) is 5.69 Å². The van der Waals surface area contributed by atoms with Crippen molar-refractivity contribution in [2.24, 2.45) is 5.92 Å². The lowest BCUT2D eigenvalue weighted by atomic mass is 10.1. The molecule has 5 nitrogen and oxygen atoms in total. The SMILES string of the molecule is CN1CCC(COc2c(N)cccc2C(=O)O)C1. The molecule has 1 unspecified atom stereocenters. The molecule has 1 heterocycles. The number of hydrogen-bond acceptors (Lipinski definition) is 4. The van der Waals surface area contributed by atoms with Crippen LogP contribution in [0.15, 0.2) is 18.2 Å². The number of carbonyl (C=O) groups is 1. The summed E-state index contributed by atoms with van der Waals surface area (Å²) in [6.07, 6.45) is 1.08. The van der Waals surface area contributed by atoms with Crippen molar-refractivity contribution in [1.29, 1.82) is 0 Å². The average Bonchev–Trinajstić information content (AvgIpc) is 2.73. The molecule has 1 aromatic carbocycles. The minimum absolute atomic E-state index is 0.126. The molecule has 1 aromatic rings. The van der Waals surface area contributed by atoms with Crippen molar-refractivity contribution in [3.63, 3.8) is 0 Å². The van der Waals surface area contributed by atoms with E-state index in [1.54, 1.807) is 12.1 Å². The van der Waals surface area contributed by atoms with Crippen LogP contribution in [0.3, 0.4) is 0 Å². The number of nitrogens with two attached hydrogens (primary N) is 1. The number of nitrogens with zero attached hydrogens (tertiary/aromatic N) is 1. The normalized spacial score (nSPS) is 19.9. The maximum atomic E-state index is 11.1. The van der Waals surface area contributed by atoms with E-state index < -0.39 is 5.97 Å². The number of para-hydroxylation sites is 1. The van der Waals surface area contributed by atoms with Gasteiger partial charge >= 0.3 is 5.97 Å². The van der Waals surface area contributed by atoms with Gasteiger partial charge in [0.05, 0.1) is 12.3 Å². The Morgan fingerprint density at radius 2 is 2.39 bits per heavy atom. The van der Waals surface area contributed by atoms with E-state index in [0.29, 0.717) is 24.0 Å². The van der Waals surface area contributed by atoms with Gasteiger partial charge in [0.2, 0.25) is 0 Å². The molecule has 0 saturated carbocycles. The van der Waals surface area contributed by atoms with E-state index in [1.807, 2.05) is 0 Å². The zero-order chi connectivity index (χ0) is 13.1. The summed E-state index contributed by atoms with van der Waals surface area (Å²) in [6, 6.07) is 4.78. The second kappa shape index (κ2) is 5.27. The Morgan fingerprint density at radius 3 is 3.00 bits per heavy atom. The molecule has 1 saturated heterocycles. The smallest absolute Gasteiger partial charge is 0.339 e. The Labute approximate surface area is 106 Å². The number of aromatic carboxylic acids is 1. The van der Waals surface area contributed by atoms with Crippen LogP contribution in [-0.4, -0.2) is 42.7 Å². The molecule has 1 aliphatic rings. The van der Waals surface area contributed by atoms with Gasteiger partial charge in [0.1, 0.15) is 5.56 Å². The Hall–Kier alpha value is -1.75. The topological polar surface area (TPSA) is 75.8 Å². The molecule has 2 rings (SSSR count). The monoisotopic (exact) mass is 250 g/mol.